The van der Waals surface area contributed by atoms with E-state index < -0.39 is 0 Å². The number of likely N-dealkylation sites (N-methyl/N-ethyl adjacent to an activating group) is 1. The molecule has 0 atom stereocenters. The second kappa shape index (κ2) is 7.50. The standard InChI is InChI=1S/C23H25N3O2/c1-3-26-22(27)20(18-11-9-17(2)10-12-18)21(23(26)28)25-15-13-24(14-16-25)19-7-5-4-6-8-19/h4-12H,3,13-16H2,1-2H3. The van der Waals surface area contributed by atoms with E-state index in [-0.39, 0.29) is 11.8 Å². The van der Waals surface area contributed by atoms with Gasteiger partial charge >= 0.3 is 0 Å². The van der Waals surface area contributed by atoms with Gasteiger partial charge in [0.1, 0.15) is 5.70 Å². The normalized spacial score (nSPS) is 17.7. The van der Waals surface area contributed by atoms with Crippen LogP contribution in [0.15, 0.2) is 60.3 Å². The summed E-state index contributed by atoms with van der Waals surface area (Å²) < 4.78 is 0. The summed E-state index contributed by atoms with van der Waals surface area (Å²) in [5, 5.41) is 0. The second-order valence-electron chi connectivity index (χ2n) is 7.25. The summed E-state index contributed by atoms with van der Waals surface area (Å²) in [4.78, 5) is 31.8. The van der Waals surface area contributed by atoms with Gasteiger partial charge < -0.3 is 9.80 Å². The molecule has 0 saturated carbocycles. The van der Waals surface area contributed by atoms with Gasteiger partial charge in [0.15, 0.2) is 0 Å². The molecule has 2 aromatic rings. The van der Waals surface area contributed by atoms with Gasteiger partial charge in [-0.3, -0.25) is 14.5 Å². The van der Waals surface area contributed by atoms with Crippen LogP contribution in [0, 0.1) is 6.92 Å². The average molecular weight is 375 g/mol. The highest BCUT2D eigenvalue weighted by Gasteiger charge is 2.41. The molecule has 28 heavy (non-hydrogen) atoms. The molecule has 2 aliphatic rings. The molecule has 2 aliphatic heterocycles. The van der Waals surface area contributed by atoms with Crippen LogP contribution in [0.1, 0.15) is 18.1 Å². The summed E-state index contributed by atoms with van der Waals surface area (Å²) in [6, 6.07) is 18.2. The lowest BCUT2D eigenvalue weighted by atomic mass is 10.0. The fourth-order valence-corrected chi connectivity index (χ4v) is 3.95. The number of piperazine rings is 1. The minimum Gasteiger partial charge on any atom is -0.368 e. The summed E-state index contributed by atoms with van der Waals surface area (Å²) in [5.74, 6) is -0.354. The average Bonchev–Trinajstić information content (AvgIpc) is 2.99. The maximum absolute atomic E-state index is 13.0. The van der Waals surface area contributed by atoms with E-state index >= 15 is 0 Å². The minimum absolute atomic E-state index is 0.170. The van der Waals surface area contributed by atoms with E-state index in [4.69, 9.17) is 0 Å². The summed E-state index contributed by atoms with van der Waals surface area (Å²) in [7, 11) is 0. The van der Waals surface area contributed by atoms with Crippen LogP contribution >= 0.6 is 0 Å². The van der Waals surface area contributed by atoms with Crippen molar-refractivity contribution in [1.82, 2.24) is 9.80 Å². The highest BCUT2D eigenvalue weighted by molar-refractivity contribution is 6.35. The van der Waals surface area contributed by atoms with Gasteiger partial charge in [0.2, 0.25) is 0 Å². The van der Waals surface area contributed by atoms with Crippen LogP contribution < -0.4 is 4.90 Å². The third-order valence-corrected chi connectivity index (χ3v) is 5.52. The van der Waals surface area contributed by atoms with Crippen LogP contribution in [0.4, 0.5) is 5.69 Å². The lowest BCUT2D eigenvalue weighted by molar-refractivity contribution is -0.137. The largest absolute Gasteiger partial charge is 0.368 e. The van der Waals surface area contributed by atoms with Crippen molar-refractivity contribution in [3.63, 3.8) is 0 Å². The van der Waals surface area contributed by atoms with Crippen LogP contribution in [-0.4, -0.2) is 54.3 Å². The van der Waals surface area contributed by atoms with Crippen LogP contribution in [0.2, 0.25) is 0 Å². The first-order chi connectivity index (χ1) is 13.6. The zero-order valence-corrected chi connectivity index (χ0v) is 16.4. The number of imide groups is 1. The van der Waals surface area contributed by atoms with Gasteiger partial charge in [-0.1, -0.05) is 48.0 Å². The molecule has 0 radical (unpaired) electrons. The molecule has 0 unspecified atom stereocenters. The molecule has 4 rings (SSSR count). The maximum Gasteiger partial charge on any atom is 0.277 e. The first kappa shape index (κ1) is 18.3. The van der Waals surface area contributed by atoms with E-state index in [9.17, 15) is 9.59 Å². The minimum atomic E-state index is -0.183. The molecule has 1 saturated heterocycles. The topological polar surface area (TPSA) is 43.9 Å². The molecule has 0 N–H and O–H groups in total. The van der Waals surface area contributed by atoms with Crippen molar-refractivity contribution in [2.45, 2.75) is 13.8 Å². The van der Waals surface area contributed by atoms with Crippen molar-refractivity contribution in [3.05, 3.63) is 71.4 Å². The van der Waals surface area contributed by atoms with Crippen LogP contribution in [0.3, 0.4) is 0 Å². The van der Waals surface area contributed by atoms with Crippen molar-refractivity contribution < 1.29 is 9.59 Å². The summed E-state index contributed by atoms with van der Waals surface area (Å²) in [5.41, 5.74) is 4.24. The number of carbonyl (C=O) groups is 2. The van der Waals surface area contributed by atoms with Gasteiger partial charge in [0.25, 0.3) is 11.8 Å². The van der Waals surface area contributed by atoms with Crippen molar-refractivity contribution in [1.29, 1.82) is 0 Å². The molecular weight excluding hydrogens is 350 g/mol. The van der Waals surface area contributed by atoms with E-state index in [0.717, 1.165) is 37.3 Å². The Bertz CT molecular complexity index is 911. The fraction of sp³-hybridized carbons (Fsp3) is 0.304. The van der Waals surface area contributed by atoms with Crippen LogP contribution in [-0.2, 0) is 9.59 Å². The zero-order valence-electron chi connectivity index (χ0n) is 16.4. The molecule has 2 heterocycles. The molecule has 0 bridgehead atoms. The Morgan fingerprint density at radius 3 is 2.00 bits per heavy atom. The molecule has 0 aromatic heterocycles. The van der Waals surface area contributed by atoms with Crippen LogP contribution in [0.5, 0.6) is 0 Å². The first-order valence-electron chi connectivity index (χ1n) is 9.82. The van der Waals surface area contributed by atoms with E-state index in [1.54, 1.807) is 0 Å². The molecule has 2 amide bonds. The smallest absolute Gasteiger partial charge is 0.277 e. The number of nitrogens with zero attached hydrogens (tertiary/aromatic N) is 3. The number of benzene rings is 2. The van der Waals surface area contributed by atoms with E-state index in [1.807, 2.05) is 56.3 Å². The summed E-state index contributed by atoms with van der Waals surface area (Å²) in [6.07, 6.45) is 0. The number of amides is 2. The molecule has 0 aliphatic carbocycles. The maximum atomic E-state index is 13.0. The predicted molar refractivity (Wildman–Crippen MR) is 111 cm³/mol. The Morgan fingerprint density at radius 1 is 0.786 bits per heavy atom. The third kappa shape index (κ3) is 3.17. The second-order valence-corrected chi connectivity index (χ2v) is 7.25. The molecular formula is C23H25N3O2. The molecule has 144 valence electrons. The van der Waals surface area contributed by atoms with Crippen molar-refractivity contribution >= 4 is 23.1 Å². The number of hydrogen-bond acceptors (Lipinski definition) is 4. The van der Waals surface area contributed by atoms with Crippen molar-refractivity contribution in [3.8, 4) is 0 Å². The summed E-state index contributed by atoms with van der Waals surface area (Å²) in [6.45, 7) is 7.33. The monoisotopic (exact) mass is 375 g/mol. The molecule has 2 aromatic carbocycles. The van der Waals surface area contributed by atoms with Crippen LogP contribution in [0.25, 0.3) is 5.57 Å². The number of para-hydroxylation sites is 1. The lowest BCUT2D eigenvalue weighted by Crippen LogP contribution is -2.47. The van der Waals surface area contributed by atoms with Gasteiger partial charge in [-0.05, 0) is 31.5 Å². The van der Waals surface area contributed by atoms with E-state index in [2.05, 4.69) is 21.9 Å². The van der Waals surface area contributed by atoms with E-state index in [1.165, 1.54) is 10.6 Å². The third-order valence-electron chi connectivity index (χ3n) is 5.52. The lowest BCUT2D eigenvalue weighted by Gasteiger charge is -2.37. The SMILES string of the molecule is CCN1C(=O)C(c2ccc(C)cc2)=C(N2CCN(c3ccccc3)CC2)C1=O. The predicted octanol–water partition coefficient (Wildman–Crippen LogP) is 2.92. The Morgan fingerprint density at radius 2 is 1.39 bits per heavy atom. The highest BCUT2D eigenvalue weighted by atomic mass is 16.2. The number of anilines is 1. The fourth-order valence-electron chi connectivity index (χ4n) is 3.95. The van der Waals surface area contributed by atoms with Gasteiger partial charge in [0.05, 0.1) is 5.57 Å². The number of rotatable bonds is 4. The quantitative estimate of drug-likeness (QED) is 0.771. The van der Waals surface area contributed by atoms with Gasteiger partial charge in [0, 0.05) is 38.4 Å². The molecule has 5 nitrogen and oxygen atoms in total. The Labute approximate surface area is 165 Å². The molecule has 0 spiro atoms. The number of hydrogen-bond donors (Lipinski definition) is 0. The number of carbonyl (C=O) groups excluding carboxylic acids is 2. The Balaban J connectivity index is 1.64. The van der Waals surface area contributed by atoms with Gasteiger partial charge in [-0.25, -0.2) is 0 Å². The first-order valence-corrected chi connectivity index (χ1v) is 9.82. The zero-order chi connectivity index (χ0) is 19.7. The van der Waals surface area contributed by atoms with Crippen molar-refractivity contribution in [2.24, 2.45) is 0 Å². The van der Waals surface area contributed by atoms with E-state index in [0.29, 0.717) is 17.8 Å². The van der Waals surface area contributed by atoms with Gasteiger partial charge in [-0.15, -0.1) is 0 Å². The summed E-state index contributed by atoms with van der Waals surface area (Å²) >= 11 is 0. The molecule has 1 fully saturated rings. The Hall–Kier alpha value is -3.08. The highest BCUT2D eigenvalue weighted by Crippen LogP contribution is 2.32. The van der Waals surface area contributed by atoms with Gasteiger partial charge in [-0.2, -0.15) is 0 Å². The Kier molecular flexibility index (Phi) is 4.90. The van der Waals surface area contributed by atoms with Crippen molar-refractivity contribution in [2.75, 3.05) is 37.6 Å². The molecule has 5 heteroatoms. The number of aryl methyl sites for hydroxylation is 1.